The molecule has 0 aliphatic carbocycles. The summed E-state index contributed by atoms with van der Waals surface area (Å²) >= 11 is 6.22. The molecule has 0 saturated carbocycles. The lowest BCUT2D eigenvalue weighted by atomic mass is 10.1. The molecule has 1 aromatic heterocycles. The van der Waals surface area contributed by atoms with E-state index < -0.39 is 0 Å². The molecule has 2 unspecified atom stereocenters. The first-order chi connectivity index (χ1) is 12.6. The van der Waals surface area contributed by atoms with Gasteiger partial charge in [0.25, 0.3) is 5.91 Å². The van der Waals surface area contributed by atoms with E-state index >= 15 is 0 Å². The van der Waals surface area contributed by atoms with Crippen LogP contribution in [0.15, 0.2) is 42.6 Å². The highest BCUT2D eigenvalue weighted by Gasteiger charge is 2.20. The van der Waals surface area contributed by atoms with Crippen LogP contribution in [0.4, 0.5) is 0 Å². The number of hydrogen-bond acceptors (Lipinski definition) is 4. The molecule has 0 bridgehead atoms. The number of ether oxygens (including phenoxy) is 2. The smallest absolute Gasteiger partial charge is 0.253 e. The molecule has 1 aromatic carbocycles. The zero-order valence-corrected chi connectivity index (χ0v) is 15.5. The number of hydrogen-bond donors (Lipinski definition) is 1. The van der Waals surface area contributed by atoms with Crippen LogP contribution in [-0.4, -0.2) is 36.3 Å². The third-order valence-corrected chi connectivity index (χ3v) is 4.59. The fourth-order valence-electron chi connectivity index (χ4n) is 2.81. The molecular weight excluding hydrogens is 352 g/mol. The SMILES string of the molecule is CC(CCc1ccccc1)NC(=O)c1cnc(OC2CCOC2)c(Cl)c1. The second-order valence-corrected chi connectivity index (χ2v) is 6.92. The first kappa shape index (κ1) is 18.7. The van der Waals surface area contributed by atoms with E-state index in [1.807, 2.05) is 25.1 Å². The van der Waals surface area contributed by atoms with Crippen molar-refractivity contribution in [3.05, 3.63) is 58.7 Å². The number of nitrogens with one attached hydrogen (secondary N) is 1. The van der Waals surface area contributed by atoms with Crippen molar-refractivity contribution in [3.63, 3.8) is 0 Å². The molecule has 2 atom stereocenters. The summed E-state index contributed by atoms with van der Waals surface area (Å²) in [5, 5.41) is 3.32. The minimum Gasteiger partial charge on any atom is -0.471 e. The summed E-state index contributed by atoms with van der Waals surface area (Å²) in [4.78, 5) is 16.6. The second kappa shape index (κ2) is 9.01. The summed E-state index contributed by atoms with van der Waals surface area (Å²) in [7, 11) is 0. The lowest BCUT2D eigenvalue weighted by molar-refractivity contribution is 0.0937. The van der Waals surface area contributed by atoms with Gasteiger partial charge in [0.15, 0.2) is 0 Å². The number of aromatic nitrogens is 1. The first-order valence-corrected chi connectivity index (χ1v) is 9.24. The molecule has 2 aromatic rings. The summed E-state index contributed by atoms with van der Waals surface area (Å²) in [6, 6.07) is 11.9. The Labute approximate surface area is 158 Å². The molecule has 0 spiro atoms. The number of rotatable bonds is 7. The van der Waals surface area contributed by atoms with Crippen molar-refractivity contribution < 1.29 is 14.3 Å². The Hall–Kier alpha value is -2.11. The summed E-state index contributed by atoms with van der Waals surface area (Å²) in [6.07, 6.45) is 4.06. The Morgan fingerprint density at radius 2 is 2.23 bits per heavy atom. The lowest BCUT2D eigenvalue weighted by Crippen LogP contribution is -2.33. The van der Waals surface area contributed by atoms with Crippen LogP contribution >= 0.6 is 11.6 Å². The summed E-state index contributed by atoms with van der Waals surface area (Å²) < 4.78 is 11.0. The minimum absolute atomic E-state index is 0.0299. The van der Waals surface area contributed by atoms with Gasteiger partial charge in [-0.2, -0.15) is 0 Å². The Balaban J connectivity index is 1.52. The molecule has 1 fully saturated rings. The molecule has 5 nitrogen and oxygen atoms in total. The maximum absolute atomic E-state index is 12.4. The third-order valence-electron chi connectivity index (χ3n) is 4.32. The number of pyridine rings is 1. The first-order valence-electron chi connectivity index (χ1n) is 8.86. The molecule has 1 N–H and O–H groups in total. The molecule has 1 aliphatic heterocycles. The quantitative estimate of drug-likeness (QED) is 0.803. The van der Waals surface area contributed by atoms with Crippen molar-refractivity contribution in [2.45, 2.75) is 38.3 Å². The molecule has 1 saturated heterocycles. The number of carbonyl (C=O) groups excluding carboxylic acids is 1. The number of benzene rings is 1. The van der Waals surface area contributed by atoms with Crippen LogP contribution in [0.5, 0.6) is 5.88 Å². The number of carbonyl (C=O) groups is 1. The Morgan fingerprint density at radius 1 is 1.42 bits per heavy atom. The molecule has 3 rings (SSSR count). The monoisotopic (exact) mass is 374 g/mol. The van der Waals surface area contributed by atoms with Gasteiger partial charge in [0.05, 0.1) is 18.8 Å². The van der Waals surface area contributed by atoms with E-state index in [2.05, 4.69) is 22.4 Å². The van der Waals surface area contributed by atoms with Crippen molar-refractivity contribution >= 4 is 17.5 Å². The van der Waals surface area contributed by atoms with E-state index in [4.69, 9.17) is 21.1 Å². The number of amides is 1. The van der Waals surface area contributed by atoms with E-state index in [1.165, 1.54) is 11.8 Å². The van der Waals surface area contributed by atoms with Gasteiger partial charge in [-0.25, -0.2) is 4.98 Å². The van der Waals surface area contributed by atoms with Gasteiger partial charge in [0, 0.05) is 18.7 Å². The van der Waals surface area contributed by atoms with Crippen LogP contribution in [0.25, 0.3) is 0 Å². The zero-order valence-electron chi connectivity index (χ0n) is 14.8. The van der Waals surface area contributed by atoms with Gasteiger partial charge < -0.3 is 14.8 Å². The maximum Gasteiger partial charge on any atom is 0.253 e. The van der Waals surface area contributed by atoms with E-state index in [1.54, 1.807) is 6.07 Å². The molecular formula is C20H23ClN2O3. The summed E-state index contributed by atoms with van der Waals surface area (Å²) in [5.74, 6) is 0.159. The van der Waals surface area contributed by atoms with E-state index in [0.29, 0.717) is 29.7 Å². The molecule has 6 heteroatoms. The fraction of sp³-hybridized carbons (Fsp3) is 0.400. The molecule has 2 heterocycles. The second-order valence-electron chi connectivity index (χ2n) is 6.51. The van der Waals surface area contributed by atoms with Crippen molar-refractivity contribution in [1.82, 2.24) is 10.3 Å². The minimum atomic E-state index is -0.185. The molecule has 138 valence electrons. The topological polar surface area (TPSA) is 60.5 Å². The van der Waals surface area contributed by atoms with Crippen LogP contribution in [0, 0.1) is 0 Å². The van der Waals surface area contributed by atoms with E-state index in [9.17, 15) is 4.79 Å². The highest BCUT2D eigenvalue weighted by molar-refractivity contribution is 6.32. The van der Waals surface area contributed by atoms with Crippen LogP contribution < -0.4 is 10.1 Å². The van der Waals surface area contributed by atoms with E-state index in [-0.39, 0.29) is 18.1 Å². The maximum atomic E-state index is 12.4. The van der Waals surface area contributed by atoms with Gasteiger partial charge in [-0.1, -0.05) is 41.9 Å². The average Bonchev–Trinajstić information content (AvgIpc) is 3.15. The van der Waals surface area contributed by atoms with Crippen molar-refractivity contribution in [2.24, 2.45) is 0 Å². The molecule has 1 aliphatic rings. The van der Waals surface area contributed by atoms with E-state index in [0.717, 1.165) is 19.3 Å². The van der Waals surface area contributed by atoms with Gasteiger partial charge in [-0.05, 0) is 31.4 Å². The highest BCUT2D eigenvalue weighted by atomic mass is 35.5. The summed E-state index contributed by atoms with van der Waals surface area (Å²) in [6.45, 7) is 3.22. The number of nitrogens with zero attached hydrogens (tertiary/aromatic N) is 1. The van der Waals surface area contributed by atoms with Gasteiger partial charge >= 0.3 is 0 Å². The number of aryl methyl sites for hydroxylation is 1. The highest BCUT2D eigenvalue weighted by Crippen LogP contribution is 2.25. The number of halogens is 1. The molecule has 1 amide bonds. The predicted octanol–water partition coefficient (Wildman–Crippen LogP) is 3.65. The molecule has 26 heavy (non-hydrogen) atoms. The summed E-state index contributed by atoms with van der Waals surface area (Å²) in [5.41, 5.74) is 1.69. The lowest BCUT2D eigenvalue weighted by Gasteiger charge is -2.15. The average molecular weight is 375 g/mol. The Kier molecular flexibility index (Phi) is 6.47. The fourth-order valence-corrected chi connectivity index (χ4v) is 3.02. The van der Waals surface area contributed by atoms with Crippen LogP contribution in [0.3, 0.4) is 0 Å². The van der Waals surface area contributed by atoms with Gasteiger partial charge in [-0.3, -0.25) is 4.79 Å². The van der Waals surface area contributed by atoms with Gasteiger partial charge in [0.2, 0.25) is 5.88 Å². The van der Waals surface area contributed by atoms with Crippen LogP contribution in [-0.2, 0) is 11.2 Å². The predicted molar refractivity (Wildman–Crippen MR) is 101 cm³/mol. The van der Waals surface area contributed by atoms with Crippen molar-refractivity contribution in [3.8, 4) is 5.88 Å². The Morgan fingerprint density at radius 3 is 2.92 bits per heavy atom. The molecule has 0 radical (unpaired) electrons. The zero-order chi connectivity index (χ0) is 18.4. The van der Waals surface area contributed by atoms with Crippen LogP contribution in [0.2, 0.25) is 5.02 Å². The van der Waals surface area contributed by atoms with Crippen molar-refractivity contribution in [2.75, 3.05) is 13.2 Å². The Bertz CT molecular complexity index is 733. The van der Waals surface area contributed by atoms with Crippen molar-refractivity contribution in [1.29, 1.82) is 0 Å². The van der Waals surface area contributed by atoms with Gasteiger partial charge in [-0.15, -0.1) is 0 Å². The third kappa shape index (κ3) is 5.19. The standard InChI is InChI=1S/C20H23ClN2O3/c1-14(7-8-15-5-3-2-4-6-15)23-19(24)16-11-18(21)20(22-12-16)26-17-9-10-25-13-17/h2-6,11-12,14,17H,7-10,13H2,1H3,(H,23,24). The van der Waals surface area contributed by atoms with Gasteiger partial charge in [0.1, 0.15) is 11.1 Å². The largest absolute Gasteiger partial charge is 0.471 e. The van der Waals surface area contributed by atoms with Crippen LogP contribution in [0.1, 0.15) is 35.7 Å². The normalized spacial score (nSPS) is 17.7.